The number of benzene rings is 1. The number of aryl methyl sites for hydroxylation is 1. The van der Waals surface area contributed by atoms with Gasteiger partial charge >= 0.3 is 0 Å². The minimum atomic E-state index is -0.446. The van der Waals surface area contributed by atoms with Gasteiger partial charge in [0.15, 0.2) is 10.6 Å². The number of ether oxygens (including phenoxy) is 1. The molecule has 0 bridgehead atoms. The zero-order valence-electron chi connectivity index (χ0n) is 18.2. The maximum absolute atomic E-state index is 12.7. The van der Waals surface area contributed by atoms with E-state index in [0.29, 0.717) is 16.6 Å². The van der Waals surface area contributed by atoms with Crippen molar-refractivity contribution in [2.75, 3.05) is 7.11 Å². The molecular weight excluding hydrogens is 424 g/mol. The van der Waals surface area contributed by atoms with Gasteiger partial charge in [0.05, 0.1) is 13.7 Å². The minimum absolute atomic E-state index is 0.0343. The Morgan fingerprint density at radius 1 is 1.38 bits per heavy atom. The number of rotatable bonds is 7. The van der Waals surface area contributed by atoms with E-state index >= 15 is 0 Å². The van der Waals surface area contributed by atoms with Crippen molar-refractivity contribution in [3.63, 3.8) is 0 Å². The average Bonchev–Trinajstić information content (AvgIpc) is 3.50. The van der Waals surface area contributed by atoms with Crippen molar-refractivity contribution in [2.24, 2.45) is 0 Å². The predicted molar refractivity (Wildman–Crippen MR) is 123 cm³/mol. The first-order valence-electron chi connectivity index (χ1n) is 10.3. The fraction of sp³-hybridized carbons (Fsp3) is 0.304. The number of carbonyl (C=O) groups is 1. The topological polar surface area (TPSA) is 101 Å². The molecule has 1 fully saturated rings. The fourth-order valence-corrected chi connectivity index (χ4v) is 4.09. The molecule has 0 spiro atoms. The van der Waals surface area contributed by atoms with Gasteiger partial charge in [-0.25, -0.2) is 0 Å². The highest BCUT2D eigenvalue weighted by Crippen LogP contribution is 2.35. The summed E-state index contributed by atoms with van der Waals surface area (Å²) in [5.74, 6) is 1.00. The lowest BCUT2D eigenvalue weighted by Gasteiger charge is -2.10. The molecule has 0 aliphatic heterocycles. The van der Waals surface area contributed by atoms with E-state index in [4.69, 9.17) is 17.0 Å². The number of aromatic nitrogens is 4. The molecule has 2 N–H and O–H groups in total. The lowest BCUT2D eigenvalue weighted by molar-refractivity contribution is -0.117. The van der Waals surface area contributed by atoms with Crippen molar-refractivity contribution in [1.29, 1.82) is 5.26 Å². The fourth-order valence-electron chi connectivity index (χ4n) is 3.79. The van der Waals surface area contributed by atoms with E-state index in [-0.39, 0.29) is 12.1 Å². The lowest BCUT2D eigenvalue weighted by Crippen LogP contribution is -2.25. The van der Waals surface area contributed by atoms with E-state index in [1.807, 2.05) is 54.8 Å². The average molecular weight is 449 g/mol. The summed E-state index contributed by atoms with van der Waals surface area (Å²) in [4.78, 5) is 12.7. The van der Waals surface area contributed by atoms with Gasteiger partial charge in [-0.05, 0) is 80.9 Å². The van der Waals surface area contributed by atoms with Gasteiger partial charge in [-0.1, -0.05) is 0 Å². The first kappa shape index (κ1) is 21.6. The van der Waals surface area contributed by atoms with Crippen LogP contribution < -0.4 is 10.1 Å². The Bertz CT molecular complexity index is 1290. The summed E-state index contributed by atoms with van der Waals surface area (Å²) >= 11 is 5.27. The van der Waals surface area contributed by atoms with Crippen molar-refractivity contribution in [1.82, 2.24) is 24.6 Å². The molecule has 2 heterocycles. The summed E-state index contributed by atoms with van der Waals surface area (Å²) in [6, 6.07) is 12.1. The van der Waals surface area contributed by atoms with Gasteiger partial charge in [-0.2, -0.15) is 10.4 Å². The number of aromatic amines is 1. The zero-order chi connectivity index (χ0) is 22.8. The lowest BCUT2D eigenvalue weighted by atomic mass is 10.1. The van der Waals surface area contributed by atoms with Crippen molar-refractivity contribution in [2.45, 2.75) is 39.3 Å². The number of hydrogen-bond acceptors (Lipinski definition) is 5. The van der Waals surface area contributed by atoms with Gasteiger partial charge < -0.3 is 14.6 Å². The Hall–Kier alpha value is -3.64. The molecule has 0 saturated heterocycles. The van der Waals surface area contributed by atoms with E-state index in [0.717, 1.165) is 41.2 Å². The van der Waals surface area contributed by atoms with Gasteiger partial charge in [0.2, 0.25) is 0 Å². The molecule has 0 unspecified atom stereocenters. The second-order valence-electron chi connectivity index (χ2n) is 7.76. The van der Waals surface area contributed by atoms with Gasteiger partial charge in [-0.15, -0.1) is 0 Å². The highest BCUT2D eigenvalue weighted by atomic mass is 32.1. The van der Waals surface area contributed by atoms with Crippen LogP contribution in [-0.2, 0) is 11.3 Å². The standard InChI is InChI=1S/C23H24N6O2S/c1-14-10-16(15(2)28(14)18-6-8-20(31-3)9-7-18)11-17(12-24)22(30)25-13-21-26-27-23(32)29(21)19-4-5-19/h6-11,19H,4-5,13H2,1-3H3,(H,25,30)(H,27,32). The molecule has 1 aromatic carbocycles. The van der Waals surface area contributed by atoms with Crippen molar-refractivity contribution in [3.05, 3.63) is 63.5 Å². The molecule has 1 aliphatic carbocycles. The van der Waals surface area contributed by atoms with Crippen LogP contribution in [0.4, 0.5) is 0 Å². The van der Waals surface area contributed by atoms with Gasteiger partial charge in [0.1, 0.15) is 17.4 Å². The van der Waals surface area contributed by atoms with Crippen LogP contribution in [0.15, 0.2) is 35.9 Å². The summed E-state index contributed by atoms with van der Waals surface area (Å²) in [5, 5.41) is 19.4. The first-order chi connectivity index (χ1) is 15.4. The molecule has 0 radical (unpaired) electrons. The van der Waals surface area contributed by atoms with E-state index in [9.17, 15) is 10.1 Å². The summed E-state index contributed by atoms with van der Waals surface area (Å²) in [7, 11) is 1.63. The SMILES string of the molecule is COc1ccc(-n2c(C)cc(C=C(C#N)C(=O)NCc3n[nH]c(=S)n3C3CC3)c2C)cc1. The smallest absolute Gasteiger partial charge is 0.262 e. The Balaban J connectivity index is 1.54. The maximum Gasteiger partial charge on any atom is 0.262 e. The third-order valence-electron chi connectivity index (χ3n) is 5.56. The molecular formula is C23H24N6O2S. The highest BCUT2D eigenvalue weighted by Gasteiger charge is 2.27. The molecule has 8 nitrogen and oxygen atoms in total. The monoisotopic (exact) mass is 448 g/mol. The summed E-state index contributed by atoms with van der Waals surface area (Å²) in [6.07, 6.45) is 3.74. The molecule has 4 rings (SSSR count). The Kier molecular flexibility index (Phi) is 5.97. The van der Waals surface area contributed by atoms with Crippen molar-refractivity contribution in [3.8, 4) is 17.5 Å². The molecule has 3 aromatic rings. The Morgan fingerprint density at radius 3 is 2.72 bits per heavy atom. The number of nitrogens with zero attached hydrogens (tertiary/aromatic N) is 4. The van der Waals surface area contributed by atoms with E-state index in [2.05, 4.69) is 20.1 Å². The van der Waals surface area contributed by atoms with Gasteiger partial charge in [-0.3, -0.25) is 14.5 Å². The van der Waals surface area contributed by atoms with Crippen LogP contribution >= 0.6 is 12.2 Å². The Labute approximate surface area is 191 Å². The maximum atomic E-state index is 12.7. The molecule has 2 aromatic heterocycles. The van der Waals surface area contributed by atoms with E-state index in [1.54, 1.807) is 13.2 Å². The van der Waals surface area contributed by atoms with Gasteiger partial charge in [0.25, 0.3) is 5.91 Å². The zero-order valence-corrected chi connectivity index (χ0v) is 19.0. The normalized spacial score (nSPS) is 13.6. The van der Waals surface area contributed by atoms with Crippen LogP contribution in [0.3, 0.4) is 0 Å². The van der Waals surface area contributed by atoms with E-state index in [1.165, 1.54) is 0 Å². The molecule has 1 saturated carbocycles. The van der Waals surface area contributed by atoms with Crippen LogP contribution in [0.5, 0.6) is 5.75 Å². The van der Waals surface area contributed by atoms with E-state index < -0.39 is 5.91 Å². The van der Waals surface area contributed by atoms with Crippen LogP contribution in [0.2, 0.25) is 0 Å². The van der Waals surface area contributed by atoms with Crippen LogP contribution in [0, 0.1) is 29.9 Å². The summed E-state index contributed by atoms with van der Waals surface area (Å²) in [6.45, 7) is 4.15. The number of amides is 1. The van der Waals surface area contributed by atoms with Crippen LogP contribution in [0.25, 0.3) is 11.8 Å². The number of H-pyrrole nitrogens is 1. The van der Waals surface area contributed by atoms with Crippen molar-refractivity contribution >= 4 is 24.2 Å². The highest BCUT2D eigenvalue weighted by molar-refractivity contribution is 7.71. The predicted octanol–water partition coefficient (Wildman–Crippen LogP) is 3.92. The summed E-state index contributed by atoms with van der Waals surface area (Å²) in [5.41, 5.74) is 3.75. The number of hydrogen-bond donors (Lipinski definition) is 2. The summed E-state index contributed by atoms with van der Waals surface area (Å²) < 4.78 is 9.80. The van der Waals surface area contributed by atoms with Crippen molar-refractivity contribution < 1.29 is 9.53 Å². The quantitative estimate of drug-likeness (QED) is 0.324. The van der Waals surface area contributed by atoms with Crippen LogP contribution in [0.1, 0.15) is 41.7 Å². The number of carbonyl (C=O) groups excluding carboxylic acids is 1. The second-order valence-corrected chi connectivity index (χ2v) is 8.15. The third kappa shape index (κ3) is 4.22. The second kappa shape index (κ2) is 8.85. The molecule has 1 aliphatic rings. The molecule has 0 atom stereocenters. The number of methoxy groups -OCH3 is 1. The molecule has 164 valence electrons. The Morgan fingerprint density at radius 2 is 2.09 bits per heavy atom. The molecule has 1 amide bonds. The first-order valence-corrected chi connectivity index (χ1v) is 10.7. The third-order valence-corrected chi connectivity index (χ3v) is 5.85. The number of nitriles is 1. The largest absolute Gasteiger partial charge is 0.497 e. The molecule has 9 heteroatoms. The number of nitrogens with one attached hydrogen (secondary N) is 2. The molecule has 32 heavy (non-hydrogen) atoms. The van der Waals surface area contributed by atoms with Gasteiger partial charge in [0, 0.05) is 23.1 Å². The van der Waals surface area contributed by atoms with Crippen LogP contribution in [-0.4, -0.2) is 32.3 Å². The minimum Gasteiger partial charge on any atom is -0.497 e.